The number of carbonyl (C=O) groups is 2. The number of hydrogen-bond donors (Lipinski definition) is 1. The zero-order valence-corrected chi connectivity index (χ0v) is 26.5. The van der Waals surface area contributed by atoms with Crippen molar-refractivity contribution < 1.29 is 49.8 Å². The number of amides is 1. The summed E-state index contributed by atoms with van der Waals surface area (Å²) in [5, 5.41) is 2.16. The Morgan fingerprint density at radius 2 is 1.82 bits per heavy atom. The van der Waals surface area contributed by atoms with Crippen LogP contribution >= 0.6 is 0 Å². The summed E-state index contributed by atoms with van der Waals surface area (Å²) in [4.78, 5) is 57.0. The molecule has 11 nitrogen and oxygen atoms in total. The molecule has 0 spiro atoms. The van der Waals surface area contributed by atoms with E-state index in [0.29, 0.717) is 10.6 Å². The number of aryl methyl sites for hydroxylation is 2. The van der Waals surface area contributed by atoms with Crippen LogP contribution < -0.4 is 21.5 Å². The molecular formula is C32H28F7N5O6. The molecule has 2 aromatic heterocycles. The minimum Gasteiger partial charge on any atom is -0.467 e. The Bertz CT molecular complexity index is 2070. The molecular weight excluding hydrogens is 683 g/mol. The maximum atomic E-state index is 15.4. The number of hydrogen-bond acceptors (Lipinski definition) is 8. The smallest absolute Gasteiger partial charge is 0.418 e. The van der Waals surface area contributed by atoms with E-state index in [1.165, 1.54) is 38.5 Å². The molecule has 266 valence electrons. The molecule has 1 aliphatic rings. The number of pyridine rings is 1. The number of anilines is 1. The quantitative estimate of drug-likeness (QED) is 0.227. The van der Waals surface area contributed by atoms with Crippen LogP contribution in [-0.2, 0) is 33.9 Å². The largest absolute Gasteiger partial charge is 0.467 e. The lowest BCUT2D eigenvalue weighted by molar-refractivity contribution is -0.167. The van der Waals surface area contributed by atoms with Crippen LogP contribution in [0, 0.1) is 12.7 Å². The van der Waals surface area contributed by atoms with Crippen molar-refractivity contribution in [3.63, 3.8) is 0 Å². The Labute approximate surface area is 277 Å². The molecule has 0 radical (unpaired) electrons. The normalized spacial score (nSPS) is 16.0. The molecule has 1 fully saturated rings. The molecule has 1 N–H and O–H groups in total. The van der Waals surface area contributed by atoms with Crippen LogP contribution in [0.3, 0.4) is 0 Å². The number of benzene rings is 2. The van der Waals surface area contributed by atoms with Gasteiger partial charge < -0.3 is 19.7 Å². The molecule has 50 heavy (non-hydrogen) atoms. The van der Waals surface area contributed by atoms with E-state index in [-0.39, 0.29) is 40.9 Å². The fourth-order valence-electron chi connectivity index (χ4n) is 5.80. The predicted molar refractivity (Wildman–Crippen MR) is 164 cm³/mol. The highest BCUT2D eigenvalue weighted by atomic mass is 19.4. The van der Waals surface area contributed by atoms with Gasteiger partial charge in [0.25, 0.3) is 11.5 Å². The molecule has 1 amide bonds. The fraction of sp³-hybridized carbons (Fsp3) is 0.344. The highest BCUT2D eigenvalue weighted by Crippen LogP contribution is 2.35. The van der Waals surface area contributed by atoms with Gasteiger partial charge in [-0.15, -0.1) is 0 Å². The van der Waals surface area contributed by atoms with Gasteiger partial charge >= 0.3 is 24.0 Å². The van der Waals surface area contributed by atoms with Crippen molar-refractivity contribution in [3.8, 4) is 5.69 Å². The monoisotopic (exact) mass is 711 g/mol. The molecule has 0 saturated carbocycles. The van der Waals surface area contributed by atoms with Crippen molar-refractivity contribution in [1.82, 2.24) is 19.4 Å². The Balaban J connectivity index is 1.48. The highest BCUT2D eigenvalue weighted by Gasteiger charge is 2.46. The molecule has 18 heteroatoms. The van der Waals surface area contributed by atoms with E-state index in [1.807, 2.05) is 0 Å². The lowest BCUT2D eigenvalue weighted by Gasteiger charge is -2.38. The molecule has 0 bridgehead atoms. The van der Waals surface area contributed by atoms with Crippen LogP contribution in [-0.4, -0.2) is 71.1 Å². The van der Waals surface area contributed by atoms with E-state index in [4.69, 9.17) is 9.47 Å². The van der Waals surface area contributed by atoms with Crippen molar-refractivity contribution in [3.05, 3.63) is 97.7 Å². The maximum Gasteiger partial charge on any atom is 0.418 e. The van der Waals surface area contributed by atoms with E-state index in [0.717, 1.165) is 34.8 Å². The van der Waals surface area contributed by atoms with Crippen molar-refractivity contribution in [2.45, 2.75) is 37.8 Å². The number of aromatic nitrogens is 3. The minimum atomic E-state index is -5.11. The summed E-state index contributed by atoms with van der Waals surface area (Å²) in [6, 6.07) is 1.99. The van der Waals surface area contributed by atoms with Crippen molar-refractivity contribution in [2.75, 3.05) is 31.8 Å². The van der Waals surface area contributed by atoms with Gasteiger partial charge in [-0.1, -0.05) is 6.07 Å². The van der Waals surface area contributed by atoms with Gasteiger partial charge in [-0.05, 0) is 48.4 Å². The SMILES string of the molecule is COC(=O)[C@H](Cc1ccc(-n2c(=O)c3ccncc3n(C)c2=O)c(C(F)(F)F)c1)NC(=O)c1c(C)cc(N2CCOC[C@@H]2C(F)(F)F)cc1F. The summed E-state index contributed by atoms with van der Waals surface area (Å²) in [7, 11) is 2.21. The van der Waals surface area contributed by atoms with Crippen LogP contribution in [0.4, 0.5) is 36.4 Å². The minimum absolute atomic E-state index is 0.0549. The predicted octanol–water partition coefficient (Wildman–Crippen LogP) is 3.83. The molecule has 1 saturated heterocycles. The number of esters is 1. The lowest BCUT2D eigenvalue weighted by Crippen LogP contribution is -2.53. The molecule has 3 heterocycles. The third kappa shape index (κ3) is 6.92. The lowest BCUT2D eigenvalue weighted by atomic mass is 10.00. The Hall–Kier alpha value is -5.26. The van der Waals surface area contributed by atoms with E-state index in [2.05, 4.69) is 10.3 Å². The molecule has 0 aliphatic carbocycles. The van der Waals surface area contributed by atoms with Gasteiger partial charge in [-0.3, -0.25) is 19.1 Å². The second kappa shape index (κ2) is 13.6. The Morgan fingerprint density at radius 1 is 1.10 bits per heavy atom. The van der Waals surface area contributed by atoms with Gasteiger partial charge in [0, 0.05) is 31.9 Å². The number of morpholine rings is 1. The Kier molecular flexibility index (Phi) is 9.78. The van der Waals surface area contributed by atoms with Gasteiger partial charge in [-0.2, -0.15) is 26.3 Å². The van der Waals surface area contributed by atoms with Crippen LogP contribution in [0.1, 0.15) is 27.0 Å². The first-order valence-electron chi connectivity index (χ1n) is 14.8. The topological polar surface area (TPSA) is 125 Å². The Morgan fingerprint density at radius 3 is 2.46 bits per heavy atom. The molecule has 2 atom stereocenters. The first kappa shape index (κ1) is 36.0. The average Bonchev–Trinajstić information content (AvgIpc) is 3.06. The third-order valence-electron chi connectivity index (χ3n) is 8.25. The first-order valence-corrected chi connectivity index (χ1v) is 14.8. The number of methoxy groups -OCH3 is 1. The zero-order chi connectivity index (χ0) is 36.7. The number of carbonyl (C=O) groups excluding carboxylic acids is 2. The number of ether oxygens (including phenoxy) is 2. The van der Waals surface area contributed by atoms with Crippen LogP contribution in [0.25, 0.3) is 16.6 Å². The number of alkyl halides is 6. The number of rotatable bonds is 7. The second-order valence-corrected chi connectivity index (χ2v) is 11.4. The van der Waals surface area contributed by atoms with E-state index in [1.54, 1.807) is 0 Å². The highest BCUT2D eigenvalue weighted by molar-refractivity contribution is 5.98. The van der Waals surface area contributed by atoms with E-state index < -0.39 is 83.2 Å². The molecule has 1 aliphatic heterocycles. The number of fused-ring (bicyclic) bond motifs is 1. The van der Waals surface area contributed by atoms with Crippen molar-refractivity contribution >= 4 is 28.5 Å². The summed E-state index contributed by atoms with van der Waals surface area (Å²) in [5.74, 6) is -3.51. The number of halogens is 7. The van der Waals surface area contributed by atoms with Crippen LogP contribution in [0.2, 0.25) is 0 Å². The summed E-state index contributed by atoms with van der Waals surface area (Å²) >= 11 is 0. The average molecular weight is 712 g/mol. The van der Waals surface area contributed by atoms with Gasteiger partial charge in [0.15, 0.2) is 0 Å². The number of nitrogens with zero attached hydrogens (tertiary/aromatic N) is 4. The van der Waals surface area contributed by atoms with Crippen LogP contribution in [0.5, 0.6) is 0 Å². The van der Waals surface area contributed by atoms with E-state index >= 15 is 4.39 Å². The van der Waals surface area contributed by atoms with E-state index in [9.17, 15) is 45.5 Å². The van der Waals surface area contributed by atoms with Crippen molar-refractivity contribution in [2.24, 2.45) is 7.05 Å². The summed E-state index contributed by atoms with van der Waals surface area (Å²) in [6.07, 6.45) is -7.97. The third-order valence-corrected chi connectivity index (χ3v) is 8.25. The fourth-order valence-corrected chi connectivity index (χ4v) is 5.80. The maximum absolute atomic E-state index is 15.4. The standard InChI is InChI=1S/C32H28F7N5O6/c1-16-10-18(43-8-9-50-15-25(43)32(37,38)39)13-21(33)26(16)27(45)41-22(29(47)49-3)12-17-4-5-23(20(11-17)31(34,35)36)44-28(46)19-6-7-40-14-24(19)42(2)30(44)48/h4-7,10-11,13-14,22,25H,8-9,12,15H2,1-3H3,(H,41,45)/t22-,25+/m0/s1. The van der Waals surface area contributed by atoms with Gasteiger partial charge in [0.2, 0.25) is 0 Å². The summed E-state index contributed by atoms with van der Waals surface area (Å²) < 4.78 is 110. The molecule has 0 unspecified atom stereocenters. The molecule has 2 aromatic carbocycles. The summed E-state index contributed by atoms with van der Waals surface area (Å²) in [6.45, 7) is 0.319. The van der Waals surface area contributed by atoms with Crippen LogP contribution in [0.15, 0.2) is 58.4 Å². The molecule has 5 rings (SSSR count). The first-order chi connectivity index (χ1) is 23.4. The number of nitrogens with one attached hydrogen (secondary N) is 1. The van der Waals surface area contributed by atoms with Gasteiger partial charge in [-0.25, -0.2) is 18.5 Å². The summed E-state index contributed by atoms with van der Waals surface area (Å²) in [5.41, 5.74) is -5.29. The van der Waals surface area contributed by atoms with Gasteiger partial charge in [0.1, 0.15) is 17.9 Å². The van der Waals surface area contributed by atoms with Gasteiger partial charge in [0.05, 0.1) is 54.2 Å². The second-order valence-electron chi connectivity index (χ2n) is 11.4. The van der Waals surface area contributed by atoms with Crippen molar-refractivity contribution in [1.29, 1.82) is 0 Å². The molecule has 4 aromatic rings. The zero-order valence-electron chi connectivity index (χ0n) is 26.5.